The Hall–Kier alpha value is -3.29. The second-order valence-corrected chi connectivity index (χ2v) is 6.53. The number of benzene rings is 2. The number of methoxy groups -OCH3 is 1. The SMILES string of the molecule is COC(=O)C1=C(C)N(Cc2ccccc2)C(=O)NC1c1ccccc1C(F)(F)F. The Morgan fingerprint density at radius 3 is 2.34 bits per heavy atom. The predicted molar refractivity (Wildman–Crippen MR) is 99.4 cm³/mol. The first-order chi connectivity index (χ1) is 13.7. The highest BCUT2D eigenvalue weighted by Crippen LogP contribution is 2.39. The Kier molecular flexibility index (Phi) is 5.63. The molecular weight excluding hydrogens is 385 g/mol. The van der Waals surface area contributed by atoms with Crippen molar-refractivity contribution in [3.63, 3.8) is 0 Å². The van der Waals surface area contributed by atoms with Crippen LogP contribution in [0.4, 0.5) is 18.0 Å². The number of amides is 2. The molecule has 0 saturated carbocycles. The molecule has 5 nitrogen and oxygen atoms in total. The molecule has 0 radical (unpaired) electrons. The van der Waals surface area contributed by atoms with Crippen LogP contribution in [-0.4, -0.2) is 24.0 Å². The Balaban J connectivity index is 2.11. The fraction of sp³-hybridized carbons (Fsp3) is 0.238. The van der Waals surface area contributed by atoms with Crippen LogP contribution < -0.4 is 5.32 Å². The lowest BCUT2D eigenvalue weighted by molar-refractivity contribution is -0.140. The largest absolute Gasteiger partial charge is 0.466 e. The number of carbonyl (C=O) groups is 2. The Morgan fingerprint density at radius 2 is 1.72 bits per heavy atom. The van der Waals surface area contributed by atoms with E-state index in [2.05, 4.69) is 5.32 Å². The molecule has 1 unspecified atom stereocenters. The molecule has 0 fully saturated rings. The second-order valence-electron chi connectivity index (χ2n) is 6.53. The third-order valence-corrected chi connectivity index (χ3v) is 4.76. The third kappa shape index (κ3) is 4.11. The van der Waals surface area contributed by atoms with Crippen molar-refractivity contribution < 1.29 is 27.5 Å². The van der Waals surface area contributed by atoms with Crippen LogP contribution in [0, 0.1) is 0 Å². The van der Waals surface area contributed by atoms with E-state index >= 15 is 0 Å². The van der Waals surface area contributed by atoms with E-state index < -0.39 is 29.8 Å². The molecule has 2 amide bonds. The fourth-order valence-corrected chi connectivity index (χ4v) is 3.35. The minimum atomic E-state index is -4.64. The quantitative estimate of drug-likeness (QED) is 0.768. The summed E-state index contributed by atoms with van der Waals surface area (Å²) in [7, 11) is 1.15. The molecule has 1 N–H and O–H groups in total. The van der Waals surface area contributed by atoms with Crippen LogP contribution in [0.3, 0.4) is 0 Å². The van der Waals surface area contributed by atoms with E-state index in [1.54, 1.807) is 12.1 Å². The lowest BCUT2D eigenvalue weighted by atomic mass is 9.91. The summed E-state index contributed by atoms with van der Waals surface area (Å²) in [4.78, 5) is 26.6. The zero-order valence-corrected chi connectivity index (χ0v) is 15.8. The van der Waals surface area contributed by atoms with Crippen LogP contribution in [0.5, 0.6) is 0 Å². The van der Waals surface area contributed by atoms with Gasteiger partial charge < -0.3 is 10.1 Å². The minimum Gasteiger partial charge on any atom is -0.466 e. The molecule has 1 heterocycles. The van der Waals surface area contributed by atoms with Gasteiger partial charge in [0.05, 0.1) is 30.8 Å². The zero-order chi connectivity index (χ0) is 21.2. The van der Waals surface area contributed by atoms with Crippen LogP contribution in [-0.2, 0) is 22.3 Å². The van der Waals surface area contributed by atoms with Gasteiger partial charge in [-0.1, -0.05) is 48.5 Å². The number of alkyl halides is 3. The van der Waals surface area contributed by atoms with Crippen molar-refractivity contribution in [1.82, 2.24) is 10.2 Å². The summed E-state index contributed by atoms with van der Waals surface area (Å²) < 4.78 is 45.4. The van der Waals surface area contributed by atoms with Gasteiger partial charge in [-0.3, -0.25) is 4.90 Å². The highest BCUT2D eigenvalue weighted by molar-refractivity contribution is 5.95. The molecule has 152 valence electrons. The maximum atomic E-state index is 13.5. The van der Waals surface area contributed by atoms with E-state index in [9.17, 15) is 22.8 Å². The molecular formula is C21H19F3N2O3. The highest BCUT2D eigenvalue weighted by atomic mass is 19.4. The number of nitrogens with one attached hydrogen (secondary N) is 1. The molecule has 0 spiro atoms. The summed E-state index contributed by atoms with van der Waals surface area (Å²) in [5.41, 5.74) is -0.130. The molecule has 1 aliphatic heterocycles. The van der Waals surface area contributed by atoms with Crippen molar-refractivity contribution in [1.29, 1.82) is 0 Å². The van der Waals surface area contributed by atoms with Crippen LogP contribution >= 0.6 is 0 Å². The average molecular weight is 404 g/mol. The minimum absolute atomic E-state index is 0.0419. The van der Waals surface area contributed by atoms with Gasteiger partial charge in [0.15, 0.2) is 0 Å². The molecule has 2 aromatic carbocycles. The average Bonchev–Trinajstić information content (AvgIpc) is 2.70. The summed E-state index contributed by atoms with van der Waals surface area (Å²) in [5, 5.41) is 2.54. The fourth-order valence-electron chi connectivity index (χ4n) is 3.35. The van der Waals surface area contributed by atoms with E-state index in [0.717, 1.165) is 18.7 Å². The normalized spacial score (nSPS) is 17.2. The molecule has 0 aliphatic carbocycles. The molecule has 0 aromatic heterocycles. The maximum absolute atomic E-state index is 13.5. The van der Waals surface area contributed by atoms with Gasteiger partial charge in [0.1, 0.15) is 0 Å². The van der Waals surface area contributed by atoms with Crippen LogP contribution in [0.15, 0.2) is 65.9 Å². The van der Waals surface area contributed by atoms with E-state index in [0.29, 0.717) is 0 Å². The molecule has 29 heavy (non-hydrogen) atoms. The van der Waals surface area contributed by atoms with E-state index in [-0.39, 0.29) is 23.4 Å². The summed E-state index contributed by atoms with van der Waals surface area (Å²) in [6, 6.07) is 12.0. The summed E-state index contributed by atoms with van der Waals surface area (Å²) in [6.45, 7) is 1.68. The first-order valence-electron chi connectivity index (χ1n) is 8.81. The van der Waals surface area contributed by atoms with E-state index in [1.165, 1.54) is 30.0 Å². The number of urea groups is 1. The number of rotatable bonds is 4. The molecule has 2 aromatic rings. The van der Waals surface area contributed by atoms with Crippen molar-refractivity contribution in [2.24, 2.45) is 0 Å². The van der Waals surface area contributed by atoms with Crippen molar-refractivity contribution in [2.45, 2.75) is 25.7 Å². The van der Waals surface area contributed by atoms with Gasteiger partial charge in [-0.25, -0.2) is 9.59 Å². The van der Waals surface area contributed by atoms with Crippen LogP contribution in [0.1, 0.15) is 29.7 Å². The maximum Gasteiger partial charge on any atom is 0.416 e. The van der Waals surface area contributed by atoms with Gasteiger partial charge in [-0.05, 0) is 24.1 Å². The highest BCUT2D eigenvalue weighted by Gasteiger charge is 2.41. The Morgan fingerprint density at radius 1 is 1.10 bits per heavy atom. The molecule has 1 aliphatic rings. The first kappa shape index (κ1) is 20.4. The molecule has 0 bridgehead atoms. The van der Waals surface area contributed by atoms with Gasteiger partial charge in [0.25, 0.3) is 0 Å². The topological polar surface area (TPSA) is 58.6 Å². The number of allylic oxidation sites excluding steroid dienone is 1. The van der Waals surface area contributed by atoms with Gasteiger partial charge >= 0.3 is 18.2 Å². The number of nitrogens with zero attached hydrogens (tertiary/aromatic N) is 1. The lowest BCUT2D eigenvalue weighted by Crippen LogP contribution is -2.48. The second kappa shape index (κ2) is 7.98. The smallest absolute Gasteiger partial charge is 0.416 e. The number of carbonyl (C=O) groups excluding carboxylic acids is 2. The number of hydrogen-bond donors (Lipinski definition) is 1. The predicted octanol–water partition coefficient (Wildman–Crippen LogP) is 4.42. The first-order valence-corrected chi connectivity index (χ1v) is 8.81. The number of esters is 1. The van der Waals surface area contributed by atoms with Crippen molar-refractivity contribution >= 4 is 12.0 Å². The molecule has 0 saturated heterocycles. The molecule has 1 atom stereocenters. The Bertz CT molecular complexity index is 955. The van der Waals surface area contributed by atoms with Gasteiger partial charge in [-0.2, -0.15) is 13.2 Å². The summed E-state index contributed by atoms with van der Waals surface area (Å²) in [6.07, 6.45) is -4.64. The monoisotopic (exact) mass is 404 g/mol. The third-order valence-electron chi connectivity index (χ3n) is 4.76. The lowest BCUT2D eigenvalue weighted by Gasteiger charge is -2.36. The van der Waals surface area contributed by atoms with Crippen molar-refractivity contribution in [3.05, 3.63) is 82.6 Å². The van der Waals surface area contributed by atoms with Crippen LogP contribution in [0.25, 0.3) is 0 Å². The van der Waals surface area contributed by atoms with Crippen molar-refractivity contribution in [2.75, 3.05) is 7.11 Å². The van der Waals surface area contributed by atoms with E-state index in [4.69, 9.17) is 4.74 Å². The van der Waals surface area contributed by atoms with Gasteiger partial charge in [-0.15, -0.1) is 0 Å². The van der Waals surface area contributed by atoms with Gasteiger partial charge in [0, 0.05) is 5.70 Å². The zero-order valence-electron chi connectivity index (χ0n) is 15.8. The number of hydrogen-bond acceptors (Lipinski definition) is 3. The molecule has 8 heteroatoms. The summed E-state index contributed by atoms with van der Waals surface area (Å²) in [5.74, 6) is -0.803. The summed E-state index contributed by atoms with van der Waals surface area (Å²) >= 11 is 0. The standard InChI is InChI=1S/C21H19F3N2O3/c1-13-17(19(27)29-2)18(15-10-6-7-11-16(15)21(22,23)24)25-20(28)26(13)12-14-8-4-3-5-9-14/h3-11,18H,12H2,1-2H3,(H,25,28). The number of halogens is 3. The molecule has 3 rings (SSSR count). The van der Waals surface area contributed by atoms with Gasteiger partial charge in [0.2, 0.25) is 0 Å². The Labute approximate surface area is 165 Å². The number of ether oxygens (including phenoxy) is 1. The van der Waals surface area contributed by atoms with E-state index in [1.807, 2.05) is 18.2 Å². The van der Waals surface area contributed by atoms with Crippen molar-refractivity contribution in [3.8, 4) is 0 Å². The van der Waals surface area contributed by atoms with Crippen LogP contribution in [0.2, 0.25) is 0 Å².